The summed E-state index contributed by atoms with van der Waals surface area (Å²) >= 11 is 0. The predicted octanol–water partition coefficient (Wildman–Crippen LogP) is 17.6. The fourth-order valence-electron chi connectivity index (χ4n) is 11.4. The number of hydrogen-bond acceptors (Lipinski definition) is 1. The summed E-state index contributed by atoms with van der Waals surface area (Å²) in [5.74, 6) is 0. The first kappa shape index (κ1) is 40.3. The molecule has 2 heteroatoms. The zero-order chi connectivity index (χ0) is 45.7. The van der Waals surface area contributed by atoms with Gasteiger partial charge in [-0.1, -0.05) is 231 Å². The average molecular weight is 879 g/mol. The van der Waals surface area contributed by atoms with Crippen LogP contribution in [0.1, 0.15) is 22.3 Å². The Balaban J connectivity index is 1.04. The second-order valence-electron chi connectivity index (χ2n) is 18.0. The van der Waals surface area contributed by atoms with Crippen LogP contribution in [0.25, 0.3) is 72.0 Å². The fourth-order valence-corrected chi connectivity index (χ4v) is 11.4. The van der Waals surface area contributed by atoms with Gasteiger partial charge in [0.2, 0.25) is 0 Å². The van der Waals surface area contributed by atoms with Crippen molar-refractivity contribution in [1.82, 2.24) is 4.57 Å². The lowest BCUT2D eigenvalue weighted by atomic mass is 9.68. The van der Waals surface area contributed by atoms with Gasteiger partial charge in [0.15, 0.2) is 0 Å². The molecule has 0 spiro atoms. The molecule has 13 rings (SSSR count). The minimum absolute atomic E-state index is 0.506. The topological polar surface area (TPSA) is 8.17 Å². The van der Waals surface area contributed by atoms with Crippen molar-refractivity contribution < 1.29 is 0 Å². The lowest BCUT2D eigenvalue weighted by Crippen LogP contribution is -2.28. The maximum Gasteiger partial charge on any atom is 0.0714 e. The number of para-hydroxylation sites is 3. The number of hydrogen-bond donors (Lipinski definition) is 0. The Bertz CT molecular complexity index is 3780. The van der Waals surface area contributed by atoms with E-state index in [4.69, 9.17) is 0 Å². The fraction of sp³-hybridized carbons (Fsp3) is 0.0149. The summed E-state index contributed by atoms with van der Waals surface area (Å²) < 4.78 is 2.53. The molecule has 11 aromatic carbocycles. The van der Waals surface area contributed by atoms with Gasteiger partial charge in [-0.3, -0.25) is 0 Å². The highest BCUT2D eigenvalue weighted by Gasteiger charge is 2.47. The van der Waals surface area contributed by atoms with E-state index in [0.717, 1.165) is 33.7 Å². The van der Waals surface area contributed by atoms with Crippen molar-refractivity contribution in [3.63, 3.8) is 0 Å². The Morgan fingerprint density at radius 2 is 0.855 bits per heavy atom. The summed E-state index contributed by atoms with van der Waals surface area (Å²) in [5, 5.41) is 2.45. The first-order valence-electron chi connectivity index (χ1n) is 23.8. The van der Waals surface area contributed by atoms with Gasteiger partial charge in [0, 0.05) is 33.3 Å². The van der Waals surface area contributed by atoms with Crippen LogP contribution in [0.5, 0.6) is 0 Å². The van der Waals surface area contributed by atoms with Gasteiger partial charge in [0.05, 0.1) is 27.8 Å². The van der Waals surface area contributed by atoms with Gasteiger partial charge in [-0.15, -0.1) is 0 Å². The lowest BCUT2D eigenvalue weighted by Gasteiger charge is -2.34. The van der Waals surface area contributed by atoms with Crippen molar-refractivity contribution >= 4 is 38.9 Å². The maximum atomic E-state index is 2.53. The van der Waals surface area contributed by atoms with Crippen LogP contribution >= 0.6 is 0 Å². The average Bonchev–Trinajstić information content (AvgIpc) is 3.93. The largest absolute Gasteiger partial charge is 0.310 e. The summed E-state index contributed by atoms with van der Waals surface area (Å²) in [6, 6.07) is 102. The molecule has 0 bridgehead atoms. The number of anilines is 3. The molecule has 0 fully saturated rings. The summed E-state index contributed by atoms with van der Waals surface area (Å²) in [7, 11) is 0. The zero-order valence-corrected chi connectivity index (χ0v) is 38.0. The molecule has 0 aliphatic heterocycles. The number of aromatic nitrogens is 1. The van der Waals surface area contributed by atoms with Crippen LogP contribution in [0.2, 0.25) is 0 Å². The van der Waals surface area contributed by atoms with E-state index in [9.17, 15) is 0 Å². The lowest BCUT2D eigenvalue weighted by molar-refractivity contribution is 0.768. The molecule has 0 atom stereocenters. The van der Waals surface area contributed by atoms with Crippen molar-refractivity contribution in [1.29, 1.82) is 0 Å². The standard InChI is InChI=1S/C67H46N2/c1-6-23-47(24-7-1)54-44-42-53(46-59(54)48-25-8-2-9-26-48)68(52-31-14-5-15-32-52)62-38-20-17-33-55(62)49-41-43-57-56-34-18-21-39-63(56)69(65(57)45-49)64-40-22-37-61-66(64)58-35-16-19-36-60(58)67(61,50-27-10-3-11-28-50)51-29-12-4-13-30-51/h1-46H. The maximum absolute atomic E-state index is 2.53. The molecule has 12 aromatic rings. The normalized spacial score (nSPS) is 12.5. The van der Waals surface area contributed by atoms with Gasteiger partial charge in [-0.2, -0.15) is 0 Å². The monoisotopic (exact) mass is 878 g/mol. The SMILES string of the molecule is c1ccc(-c2ccc(N(c3ccccc3)c3ccccc3-c3ccc4c5ccccc5n(-c5cccc6c5-c5ccccc5C6(c5ccccc5)c5ccccc5)c4c3)cc2-c2ccccc2)cc1. The highest BCUT2D eigenvalue weighted by atomic mass is 15.1. The minimum Gasteiger partial charge on any atom is -0.310 e. The summed E-state index contributed by atoms with van der Waals surface area (Å²) in [4.78, 5) is 2.42. The number of fused-ring (bicyclic) bond motifs is 6. The molecular formula is C67H46N2. The van der Waals surface area contributed by atoms with E-state index in [1.54, 1.807) is 0 Å². The highest BCUT2D eigenvalue weighted by Crippen LogP contribution is 2.58. The van der Waals surface area contributed by atoms with E-state index in [0.29, 0.717) is 0 Å². The third-order valence-corrected chi connectivity index (χ3v) is 14.3. The van der Waals surface area contributed by atoms with Gasteiger partial charge >= 0.3 is 0 Å². The molecule has 0 saturated heterocycles. The van der Waals surface area contributed by atoms with E-state index in [2.05, 4.69) is 289 Å². The molecule has 1 aliphatic rings. The first-order valence-corrected chi connectivity index (χ1v) is 23.8. The van der Waals surface area contributed by atoms with E-state index >= 15 is 0 Å². The van der Waals surface area contributed by atoms with Crippen molar-refractivity contribution in [2.24, 2.45) is 0 Å². The van der Waals surface area contributed by atoms with E-state index in [1.165, 1.54) is 77.6 Å². The van der Waals surface area contributed by atoms with Crippen LogP contribution in [-0.4, -0.2) is 4.57 Å². The Morgan fingerprint density at radius 1 is 0.304 bits per heavy atom. The third kappa shape index (κ3) is 6.48. The Hall–Kier alpha value is -8.98. The van der Waals surface area contributed by atoms with Crippen molar-refractivity contribution in [2.75, 3.05) is 4.90 Å². The first-order chi connectivity index (χ1) is 34.3. The van der Waals surface area contributed by atoms with Gasteiger partial charge in [-0.05, 0) is 104 Å². The van der Waals surface area contributed by atoms with Crippen LogP contribution in [0.4, 0.5) is 17.1 Å². The number of benzene rings is 11. The van der Waals surface area contributed by atoms with Crippen LogP contribution in [0, 0.1) is 0 Å². The molecule has 0 saturated carbocycles. The van der Waals surface area contributed by atoms with E-state index in [-0.39, 0.29) is 0 Å². The molecule has 0 radical (unpaired) electrons. The van der Waals surface area contributed by atoms with Crippen molar-refractivity contribution in [3.8, 4) is 50.2 Å². The number of rotatable bonds is 9. The van der Waals surface area contributed by atoms with E-state index in [1.807, 2.05) is 0 Å². The van der Waals surface area contributed by atoms with Crippen LogP contribution in [0.15, 0.2) is 279 Å². The van der Waals surface area contributed by atoms with Crippen LogP contribution < -0.4 is 4.90 Å². The second-order valence-corrected chi connectivity index (χ2v) is 18.0. The molecule has 0 amide bonds. The Morgan fingerprint density at radius 3 is 1.57 bits per heavy atom. The zero-order valence-electron chi connectivity index (χ0n) is 38.0. The van der Waals surface area contributed by atoms with E-state index < -0.39 is 5.41 Å². The molecule has 0 N–H and O–H groups in total. The predicted molar refractivity (Wildman–Crippen MR) is 289 cm³/mol. The third-order valence-electron chi connectivity index (χ3n) is 14.3. The Labute approximate surface area is 403 Å². The van der Waals surface area contributed by atoms with Gasteiger partial charge in [0.25, 0.3) is 0 Å². The van der Waals surface area contributed by atoms with Crippen molar-refractivity contribution in [3.05, 3.63) is 301 Å². The summed E-state index contributed by atoms with van der Waals surface area (Å²) in [6.45, 7) is 0. The molecule has 2 nitrogen and oxygen atoms in total. The van der Waals surface area contributed by atoms with Crippen LogP contribution in [-0.2, 0) is 5.41 Å². The molecular weight excluding hydrogens is 833 g/mol. The quantitative estimate of drug-likeness (QED) is 0.140. The van der Waals surface area contributed by atoms with Gasteiger partial charge in [-0.25, -0.2) is 0 Å². The molecule has 69 heavy (non-hydrogen) atoms. The minimum atomic E-state index is -0.506. The Kier molecular flexibility index (Phi) is 9.77. The second kappa shape index (κ2) is 16.7. The van der Waals surface area contributed by atoms with Gasteiger partial charge in [0.1, 0.15) is 0 Å². The van der Waals surface area contributed by atoms with Crippen LogP contribution in [0.3, 0.4) is 0 Å². The van der Waals surface area contributed by atoms with Gasteiger partial charge < -0.3 is 9.47 Å². The highest BCUT2D eigenvalue weighted by molar-refractivity contribution is 6.11. The summed E-state index contributed by atoms with van der Waals surface area (Å²) in [5.41, 5.74) is 20.9. The number of nitrogens with zero attached hydrogens (tertiary/aromatic N) is 2. The summed E-state index contributed by atoms with van der Waals surface area (Å²) in [6.07, 6.45) is 0. The molecule has 324 valence electrons. The molecule has 1 heterocycles. The molecule has 1 aliphatic carbocycles. The molecule has 1 aromatic heterocycles. The smallest absolute Gasteiger partial charge is 0.0714 e. The van der Waals surface area contributed by atoms with Crippen molar-refractivity contribution in [2.45, 2.75) is 5.41 Å². The molecule has 0 unspecified atom stereocenters.